The quantitative estimate of drug-likeness (QED) is 0.512. The summed E-state index contributed by atoms with van der Waals surface area (Å²) < 4.78 is 0.432. The zero-order valence-corrected chi connectivity index (χ0v) is 14.4. The molecule has 0 radical (unpaired) electrons. The highest BCUT2D eigenvalue weighted by atomic mass is 32.2. The highest BCUT2D eigenvalue weighted by Crippen LogP contribution is 2.36. The van der Waals surface area contributed by atoms with Crippen LogP contribution in [0, 0.1) is 0 Å². The Morgan fingerprint density at radius 3 is 2.54 bits per heavy atom. The molecule has 1 saturated heterocycles. The number of ketones is 1. The van der Waals surface area contributed by atoms with Crippen LogP contribution in [-0.4, -0.2) is 21.1 Å². The number of Topliss-reactive ketones (excluding diaryl/α,β-unsaturated/α-hetero) is 1. The number of aromatic hydroxyl groups is 1. The normalized spacial score (nSPS) is 16.0. The smallest absolute Gasteiger partial charge is 0.270 e. The lowest BCUT2D eigenvalue weighted by atomic mass is 10.1. The Balaban J connectivity index is 1.90. The van der Waals surface area contributed by atoms with Crippen LogP contribution in [0.25, 0.3) is 6.08 Å². The summed E-state index contributed by atoms with van der Waals surface area (Å²) in [7, 11) is 0. The highest BCUT2D eigenvalue weighted by Gasteiger charge is 2.33. The molecule has 0 aromatic heterocycles. The van der Waals surface area contributed by atoms with Crippen LogP contribution in [0.1, 0.15) is 22.8 Å². The van der Waals surface area contributed by atoms with E-state index in [9.17, 15) is 14.7 Å². The van der Waals surface area contributed by atoms with Gasteiger partial charge in [-0.2, -0.15) is 0 Å². The van der Waals surface area contributed by atoms with E-state index in [2.05, 4.69) is 0 Å². The number of nitrogens with zero attached hydrogens (tertiary/aromatic N) is 1. The molecule has 1 fully saturated rings. The van der Waals surface area contributed by atoms with Gasteiger partial charge in [0.2, 0.25) is 0 Å². The zero-order chi connectivity index (χ0) is 17.3. The largest absolute Gasteiger partial charge is 0.508 e. The van der Waals surface area contributed by atoms with E-state index in [0.29, 0.717) is 20.5 Å². The standard InChI is InChI=1S/C18H13NO3S2/c1-11(20)13-5-7-14(8-6-13)19-17(22)16(24-18(19)23)10-12-3-2-4-15(21)9-12/h2-10,21H,1H3/b16-10-. The summed E-state index contributed by atoms with van der Waals surface area (Å²) >= 11 is 6.52. The van der Waals surface area contributed by atoms with Gasteiger partial charge in [0, 0.05) is 5.56 Å². The molecule has 2 aromatic rings. The molecule has 0 atom stereocenters. The summed E-state index contributed by atoms with van der Waals surface area (Å²) in [5.74, 6) is -0.112. The van der Waals surface area contributed by atoms with Crippen molar-refractivity contribution in [2.24, 2.45) is 0 Å². The minimum Gasteiger partial charge on any atom is -0.508 e. The zero-order valence-electron chi connectivity index (χ0n) is 12.7. The first-order chi connectivity index (χ1) is 11.5. The van der Waals surface area contributed by atoms with Crippen molar-refractivity contribution in [2.75, 3.05) is 4.90 Å². The maximum atomic E-state index is 12.6. The third-order valence-electron chi connectivity index (χ3n) is 3.49. The lowest BCUT2D eigenvalue weighted by molar-refractivity contribution is -0.113. The number of thioether (sulfide) groups is 1. The van der Waals surface area contributed by atoms with E-state index in [1.807, 2.05) is 0 Å². The van der Waals surface area contributed by atoms with Gasteiger partial charge in [-0.15, -0.1) is 0 Å². The number of carbonyl (C=O) groups excluding carboxylic acids is 2. The third kappa shape index (κ3) is 3.25. The first-order valence-corrected chi connectivity index (χ1v) is 8.36. The Morgan fingerprint density at radius 2 is 1.92 bits per heavy atom. The predicted octanol–water partition coefficient (Wildman–Crippen LogP) is 4.00. The van der Waals surface area contributed by atoms with Crippen LogP contribution in [0.2, 0.25) is 0 Å². The molecule has 120 valence electrons. The molecular formula is C18H13NO3S2. The van der Waals surface area contributed by atoms with E-state index in [0.717, 1.165) is 5.56 Å². The van der Waals surface area contributed by atoms with Crippen LogP contribution in [-0.2, 0) is 4.79 Å². The van der Waals surface area contributed by atoms with Gasteiger partial charge in [0.05, 0.1) is 10.6 Å². The number of benzene rings is 2. The summed E-state index contributed by atoms with van der Waals surface area (Å²) in [4.78, 5) is 25.9. The van der Waals surface area contributed by atoms with E-state index in [1.165, 1.54) is 23.6 Å². The molecule has 0 aliphatic carbocycles. The van der Waals surface area contributed by atoms with Crippen molar-refractivity contribution < 1.29 is 14.7 Å². The third-order valence-corrected chi connectivity index (χ3v) is 4.80. The SMILES string of the molecule is CC(=O)c1ccc(N2C(=O)/C(=C/c3cccc(O)c3)SC2=S)cc1. The maximum absolute atomic E-state index is 12.6. The van der Waals surface area contributed by atoms with Crippen LogP contribution in [0.15, 0.2) is 53.4 Å². The molecule has 6 heteroatoms. The number of hydrogen-bond acceptors (Lipinski definition) is 5. The fourth-order valence-corrected chi connectivity index (χ4v) is 3.60. The van der Waals surface area contributed by atoms with Crippen molar-refractivity contribution in [1.82, 2.24) is 0 Å². The molecule has 3 rings (SSSR count). The first-order valence-electron chi connectivity index (χ1n) is 7.14. The molecule has 1 amide bonds. The molecule has 24 heavy (non-hydrogen) atoms. The summed E-state index contributed by atoms with van der Waals surface area (Å²) in [6, 6.07) is 13.4. The summed E-state index contributed by atoms with van der Waals surface area (Å²) in [6.07, 6.45) is 1.70. The number of anilines is 1. The molecule has 1 N–H and O–H groups in total. The van der Waals surface area contributed by atoms with E-state index in [1.54, 1.807) is 54.6 Å². The molecule has 1 aliphatic rings. The predicted molar refractivity (Wildman–Crippen MR) is 100 cm³/mol. The van der Waals surface area contributed by atoms with Gasteiger partial charge in [0.1, 0.15) is 5.75 Å². The molecule has 0 saturated carbocycles. The van der Waals surface area contributed by atoms with Gasteiger partial charge in [0.25, 0.3) is 5.91 Å². The van der Waals surface area contributed by atoms with Gasteiger partial charge < -0.3 is 5.11 Å². The maximum Gasteiger partial charge on any atom is 0.270 e. The number of rotatable bonds is 3. The Labute approximate surface area is 148 Å². The molecule has 0 bridgehead atoms. The highest BCUT2D eigenvalue weighted by molar-refractivity contribution is 8.27. The van der Waals surface area contributed by atoms with E-state index in [-0.39, 0.29) is 17.4 Å². The van der Waals surface area contributed by atoms with Gasteiger partial charge in [-0.1, -0.05) is 36.1 Å². The van der Waals surface area contributed by atoms with Gasteiger partial charge >= 0.3 is 0 Å². The van der Waals surface area contributed by atoms with E-state index in [4.69, 9.17) is 12.2 Å². The molecule has 0 spiro atoms. The topological polar surface area (TPSA) is 57.6 Å². The fourth-order valence-electron chi connectivity index (χ4n) is 2.30. The summed E-state index contributed by atoms with van der Waals surface area (Å²) in [6.45, 7) is 1.49. The molecular weight excluding hydrogens is 342 g/mol. The summed E-state index contributed by atoms with van der Waals surface area (Å²) in [5.41, 5.74) is 1.93. The van der Waals surface area contributed by atoms with Crippen molar-refractivity contribution in [3.63, 3.8) is 0 Å². The number of phenolic OH excluding ortho intramolecular Hbond substituents is 1. The van der Waals surface area contributed by atoms with E-state index >= 15 is 0 Å². The Bertz CT molecular complexity index is 872. The van der Waals surface area contributed by atoms with Crippen molar-refractivity contribution in [3.05, 3.63) is 64.6 Å². The average Bonchev–Trinajstić information content (AvgIpc) is 2.81. The van der Waals surface area contributed by atoms with Crippen LogP contribution < -0.4 is 4.90 Å². The number of phenols is 1. The van der Waals surface area contributed by atoms with Crippen LogP contribution in [0.5, 0.6) is 5.75 Å². The first kappa shape index (κ1) is 16.4. The second-order valence-corrected chi connectivity index (χ2v) is 6.89. The number of hydrogen-bond donors (Lipinski definition) is 1. The second-order valence-electron chi connectivity index (χ2n) is 5.22. The number of thiocarbonyl (C=S) groups is 1. The molecule has 4 nitrogen and oxygen atoms in total. The Hall–Kier alpha value is -2.44. The number of carbonyl (C=O) groups is 2. The van der Waals surface area contributed by atoms with Crippen molar-refractivity contribution in [3.8, 4) is 5.75 Å². The van der Waals surface area contributed by atoms with Crippen LogP contribution >= 0.6 is 24.0 Å². The van der Waals surface area contributed by atoms with Crippen molar-refractivity contribution in [2.45, 2.75) is 6.92 Å². The molecule has 2 aromatic carbocycles. The van der Waals surface area contributed by atoms with Crippen LogP contribution in [0.4, 0.5) is 5.69 Å². The molecule has 1 heterocycles. The average molecular weight is 355 g/mol. The fraction of sp³-hybridized carbons (Fsp3) is 0.0556. The minimum absolute atomic E-state index is 0.0317. The molecule has 1 aliphatic heterocycles. The Kier molecular flexibility index (Phi) is 4.51. The van der Waals surface area contributed by atoms with E-state index < -0.39 is 0 Å². The van der Waals surface area contributed by atoms with Crippen molar-refractivity contribution >= 4 is 51.8 Å². The number of amides is 1. The molecule has 0 unspecified atom stereocenters. The van der Waals surface area contributed by atoms with Gasteiger partial charge in [-0.3, -0.25) is 14.5 Å². The summed E-state index contributed by atoms with van der Waals surface area (Å²) in [5, 5.41) is 9.52. The van der Waals surface area contributed by atoms with Gasteiger partial charge in [-0.25, -0.2) is 0 Å². The van der Waals surface area contributed by atoms with Gasteiger partial charge in [0.15, 0.2) is 10.1 Å². The lowest BCUT2D eigenvalue weighted by Gasteiger charge is -2.14. The van der Waals surface area contributed by atoms with Crippen molar-refractivity contribution in [1.29, 1.82) is 0 Å². The lowest BCUT2D eigenvalue weighted by Crippen LogP contribution is -2.27. The Morgan fingerprint density at radius 1 is 1.21 bits per heavy atom. The monoisotopic (exact) mass is 355 g/mol. The van der Waals surface area contributed by atoms with Gasteiger partial charge in [-0.05, 0) is 55.0 Å². The van der Waals surface area contributed by atoms with Crippen LogP contribution in [0.3, 0.4) is 0 Å². The minimum atomic E-state index is -0.219. The second kappa shape index (κ2) is 6.59.